The van der Waals surface area contributed by atoms with E-state index in [0.717, 1.165) is 19.3 Å². The van der Waals surface area contributed by atoms with Gasteiger partial charge in [0, 0.05) is 19.4 Å². The maximum absolute atomic E-state index is 10.2. The van der Waals surface area contributed by atoms with Crippen LogP contribution in [0.15, 0.2) is 5.70 Å². The quantitative estimate of drug-likeness (QED) is 0.448. The molecule has 1 aliphatic heterocycles. The Bertz CT molecular complexity index is 196. The molecule has 0 amide bonds. The van der Waals surface area contributed by atoms with Gasteiger partial charge in [0.2, 0.25) is 0 Å². The number of piperidine rings is 1. The smallest absolute Gasteiger partial charge is 0.145 e. The van der Waals surface area contributed by atoms with Crippen LogP contribution in [0.2, 0.25) is 0 Å². The summed E-state index contributed by atoms with van der Waals surface area (Å²) in [6.07, 6.45) is 3.14. The molecule has 1 rings (SSSR count). The Morgan fingerprint density at radius 2 is 2.42 bits per heavy atom. The van der Waals surface area contributed by atoms with E-state index in [4.69, 9.17) is 0 Å². The fraction of sp³-hybridized carbons (Fsp3) is 0.625. The normalized spacial score (nSPS) is 21.7. The lowest BCUT2D eigenvalue weighted by Gasteiger charge is -2.21. The molecule has 1 fully saturated rings. The van der Waals surface area contributed by atoms with Gasteiger partial charge >= 0.3 is 0 Å². The largest absolute Gasteiger partial charge is 0.412 e. The Morgan fingerprint density at radius 1 is 1.67 bits per heavy atom. The zero-order valence-electron chi connectivity index (χ0n) is 6.80. The minimum atomic E-state index is 0. The summed E-state index contributed by atoms with van der Waals surface area (Å²) < 4.78 is 0. The van der Waals surface area contributed by atoms with Crippen molar-refractivity contribution < 1.29 is 15.1 Å². The molecule has 0 spiro atoms. The number of carbonyl (C=O) groups is 1. The molecule has 1 atom stereocenters. The zero-order chi connectivity index (χ0) is 8.10. The van der Waals surface area contributed by atoms with E-state index in [0.29, 0.717) is 24.5 Å². The van der Waals surface area contributed by atoms with Crippen LogP contribution in [0, 0.1) is 5.92 Å². The van der Waals surface area contributed by atoms with Crippen LogP contribution in [-0.4, -0.2) is 24.2 Å². The van der Waals surface area contributed by atoms with Crippen LogP contribution in [0.25, 0.3) is 0 Å². The van der Waals surface area contributed by atoms with Crippen molar-refractivity contribution in [3.8, 4) is 0 Å². The molecule has 68 valence electrons. The van der Waals surface area contributed by atoms with Crippen molar-refractivity contribution in [2.75, 3.05) is 6.54 Å². The molecule has 0 aromatic carbocycles. The second kappa shape index (κ2) is 5.52. The molecule has 0 bridgehead atoms. The van der Waals surface area contributed by atoms with Gasteiger partial charge in [-0.15, -0.1) is 0 Å². The van der Waals surface area contributed by atoms with Crippen molar-refractivity contribution >= 4 is 12.2 Å². The number of allylic oxidation sites excluding steroid dienone is 1. The van der Waals surface area contributed by atoms with Crippen LogP contribution in [0.5, 0.6) is 0 Å². The summed E-state index contributed by atoms with van der Waals surface area (Å²) in [4.78, 5) is 20.3. The number of hydrogen-bond donors (Lipinski definition) is 1. The predicted octanol–water partition coefficient (Wildman–Crippen LogP) is -0.534. The van der Waals surface area contributed by atoms with E-state index >= 15 is 0 Å². The highest BCUT2D eigenvalue weighted by molar-refractivity contribution is 5.53. The van der Waals surface area contributed by atoms with Crippen molar-refractivity contribution in [1.29, 1.82) is 0 Å². The highest BCUT2D eigenvalue weighted by Gasteiger charge is 2.16. The van der Waals surface area contributed by atoms with Gasteiger partial charge in [-0.3, -0.25) is 0 Å². The molecule has 0 radical (unpaired) electrons. The van der Waals surface area contributed by atoms with E-state index in [9.17, 15) is 9.59 Å². The fourth-order valence-corrected chi connectivity index (χ4v) is 1.31. The average Bonchev–Trinajstić information content (AvgIpc) is 2.06. The number of aldehydes is 1. The molecule has 4 heteroatoms. The molecule has 12 heavy (non-hydrogen) atoms. The maximum atomic E-state index is 10.2. The molecule has 1 saturated heterocycles. The van der Waals surface area contributed by atoms with Gasteiger partial charge in [-0.1, -0.05) is 0 Å². The third-order valence-corrected chi connectivity index (χ3v) is 1.94. The Morgan fingerprint density at radius 3 is 3.00 bits per heavy atom. The Balaban J connectivity index is 0.00000121. The average molecular weight is 171 g/mol. The minimum Gasteiger partial charge on any atom is -0.412 e. The van der Waals surface area contributed by atoms with E-state index in [1.54, 1.807) is 0 Å². The first-order valence-electron chi connectivity index (χ1n) is 3.78. The molecule has 0 aromatic rings. The van der Waals surface area contributed by atoms with Gasteiger partial charge in [0.15, 0.2) is 0 Å². The van der Waals surface area contributed by atoms with Crippen molar-refractivity contribution in [3.05, 3.63) is 5.70 Å². The second-order valence-electron chi connectivity index (χ2n) is 2.77. The zero-order valence-corrected chi connectivity index (χ0v) is 6.80. The maximum Gasteiger partial charge on any atom is 0.145 e. The van der Waals surface area contributed by atoms with Crippen LogP contribution in [0.3, 0.4) is 0 Å². The summed E-state index contributed by atoms with van der Waals surface area (Å²) in [6, 6.07) is 0. The standard InChI is InChI=1S/C8H11NO2.H2O/c10-4-2-7-1-3-9-8(5-7)6-11;/h4,7,9H,1-3,5H2;1H2. The van der Waals surface area contributed by atoms with Gasteiger partial charge < -0.3 is 15.6 Å². The summed E-state index contributed by atoms with van der Waals surface area (Å²) in [5.74, 6) is 2.18. The summed E-state index contributed by atoms with van der Waals surface area (Å²) in [7, 11) is 0. The van der Waals surface area contributed by atoms with Gasteiger partial charge in [-0.2, -0.15) is 0 Å². The van der Waals surface area contributed by atoms with E-state index in [1.807, 2.05) is 5.94 Å². The van der Waals surface area contributed by atoms with Gasteiger partial charge in [0.05, 0.1) is 5.70 Å². The molecule has 1 aliphatic rings. The summed E-state index contributed by atoms with van der Waals surface area (Å²) in [5, 5.41) is 2.93. The van der Waals surface area contributed by atoms with Gasteiger partial charge in [0.25, 0.3) is 0 Å². The molecule has 1 heterocycles. The predicted molar refractivity (Wildman–Crippen MR) is 44.2 cm³/mol. The summed E-state index contributed by atoms with van der Waals surface area (Å²) in [6.45, 7) is 0.795. The first kappa shape index (κ1) is 10.9. The van der Waals surface area contributed by atoms with E-state index in [-0.39, 0.29) is 5.48 Å². The second-order valence-corrected chi connectivity index (χ2v) is 2.77. The lowest BCUT2D eigenvalue weighted by molar-refractivity contribution is -0.108. The number of hydrogen-bond acceptors (Lipinski definition) is 3. The monoisotopic (exact) mass is 171 g/mol. The van der Waals surface area contributed by atoms with Crippen LogP contribution in [0.1, 0.15) is 19.3 Å². The van der Waals surface area contributed by atoms with Crippen molar-refractivity contribution in [3.63, 3.8) is 0 Å². The molecule has 3 N–H and O–H groups in total. The van der Waals surface area contributed by atoms with Gasteiger partial charge in [0.1, 0.15) is 12.2 Å². The molecular weight excluding hydrogens is 158 g/mol. The topological polar surface area (TPSA) is 77.7 Å². The van der Waals surface area contributed by atoms with Crippen LogP contribution in [-0.2, 0) is 9.59 Å². The van der Waals surface area contributed by atoms with Crippen molar-refractivity contribution in [1.82, 2.24) is 5.32 Å². The van der Waals surface area contributed by atoms with Crippen molar-refractivity contribution in [2.24, 2.45) is 5.92 Å². The van der Waals surface area contributed by atoms with E-state index in [1.165, 1.54) is 0 Å². The van der Waals surface area contributed by atoms with Gasteiger partial charge in [-0.25, -0.2) is 4.79 Å². The highest BCUT2D eigenvalue weighted by Crippen LogP contribution is 2.18. The third kappa shape index (κ3) is 2.86. The summed E-state index contributed by atoms with van der Waals surface area (Å²) in [5.41, 5.74) is 0.614. The lowest BCUT2D eigenvalue weighted by Crippen LogP contribution is -2.26. The van der Waals surface area contributed by atoms with Crippen LogP contribution < -0.4 is 5.32 Å². The molecular formula is C8H13NO3. The molecule has 1 unspecified atom stereocenters. The number of carbonyl (C=O) groups excluding carboxylic acids is 2. The summed E-state index contributed by atoms with van der Waals surface area (Å²) >= 11 is 0. The first-order valence-corrected chi connectivity index (χ1v) is 3.78. The minimum absolute atomic E-state index is 0. The Labute approximate surface area is 71.0 Å². The van der Waals surface area contributed by atoms with E-state index < -0.39 is 0 Å². The van der Waals surface area contributed by atoms with Crippen LogP contribution >= 0.6 is 0 Å². The Hall–Kier alpha value is -1.12. The lowest BCUT2D eigenvalue weighted by atomic mass is 9.94. The number of nitrogens with one attached hydrogen (secondary N) is 1. The third-order valence-electron chi connectivity index (χ3n) is 1.94. The molecule has 0 aromatic heterocycles. The SMILES string of the molecule is O.O=C=C1CC(CC=O)CCN1. The van der Waals surface area contributed by atoms with Gasteiger partial charge in [-0.05, 0) is 12.3 Å². The molecule has 4 nitrogen and oxygen atoms in total. The molecule has 0 saturated carbocycles. The van der Waals surface area contributed by atoms with Crippen molar-refractivity contribution in [2.45, 2.75) is 19.3 Å². The van der Waals surface area contributed by atoms with Crippen LogP contribution in [0.4, 0.5) is 0 Å². The molecule has 0 aliphatic carbocycles. The first-order chi connectivity index (χ1) is 5.36. The highest BCUT2D eigenvalue weighted by atomic mass is 16.1. The Kier molecular flexibility index (Phi) is 5.00. The number of rotatable bonds is 2. The van der Waals surface area contributed by atoms with E-state index in [2.05, 4.69) is 5.32 Å². The fourth-order valence-electron chi connectivity index (χ4n) is 1.31.